The van der Waals surface area contributed by atoms with Crippen LogP contribution in [0.2, 0.25) is 5.02 Å². The van der Waals surface area contributed by atoms with Gasteiger partial charge < -0.3 is 14.8 Å². The summed E-state index contributed by atoms with van der Waals surface area (Å²) >= 11 is 5.87. The Bertz CT molecular complexity index is 774. The molecule has 0 bridgehead atoms. The third kappa shape index (κ3) is 6.61. The van der Waals surface area contributed by atoms with Crippen LogP contribution in [0.3, 0.4) is 0 Å². The van der Waals surface area contributed by atoms with Gasteiger partial charge in [-0.2, -0.15) is 0 Å². The molecule has 2 aromatic rings. The smallest absolute Gasteiger partial charge is 0.342 e. The number of hydrogen-bond acceptors (Lipinski definition) is 4. The Morgan fingerprint density at radius 1 is 1.04 bits per heavy atom. The van der Waals surface area contributed by atoms with Crippen LogP contribution in [0, 0.1) is 5.92 Å². The molecule has 0 aliphatic heterocycles. The highest BCUT2D eigenvalue weighted by atomic mass is 35.5. The number of esters is 1. The summed E-state index contributed by atoms with van der Waals surface area (Å²) in [6.07, 6.45) is 0. The highest BCUT2D eigenvalue weighted by Gasteiger charge is 2.17. The molecule has 0 heterocycles. The Morgan fingerprint density at radius 3 is 2.37 bits per heavy atom. The molecule has 27 heavy (non-hydrogen) atoms. The molecule has 1 atom stereocenters. The number of nitrogens with one attached hydrogen (secondary N) is 1. The predicted octanol–water partition coefficient (Wildman–Crippen LogP) is 4.24. The summed E-state index contributed by atoms with van der Waals surface area (Å²) in [7, 11) is 0. The predicted molar refractivity (Wildman–Crippen MR) is 105 cm³/mol. The monoisotopic (exact) mass is 389 g/mol. The van der Waals surface area contributed by atoms with E-state index in [1.54, 1.807) is 36.4 Å². The lowest BCUT2D eigenvalue weighted by Crippen LogP contribution is -2.38. The number of halogens is 1. The Labute approximate surface area is 164 Å². The third-order valence-electron chi connectivity index (χ3n) is 4.14. The lowest BCUT2D eigenvalue weighted by Gasteiger charge is -2.17. The maximum Gasteiger partial charge on any atom is 0.342 e. The molecule has 0 fully saturated rings. The molecule has 0 spiro atoms. The fourth-order valence-electron chi connectivity index (χ4n) is 2.17. The van der Waals surface area contributed by atoms with E-state index >= 15 is 0 Å². The van der Waals surface area contributed by atoms with Gasteiger partial charge in [0.1, 0.15) is 17.9 Å². The van der Waals surface area contributed by atoms with E-state index in [2.05, 4.69) is 5.32 Å². The molecule has 2 rings (SSSR count). The number of rotatable bonds is 8. The maximum absolute atomic E-state index is 12.3. The first-order valence-corrected chi connectivity index (χ1v) is 9.17. The fraction of sp³-hybridized carbons (Fsp3) is 0.333. The molecular formula is C21H24ClNO4. The van der Waals surface area contributed by atoms with Crippen LogP contribution < -0.4 is 10.1 Å². The minimum absolute atomic E-state index is 0.00574. The molecule has 0 aliphatic rings. The van der Waals surface area contributed by atoms with E-state index < -0.39 is 5.97 Å². The van der Waals surface area contributed by atoms with Crippen molar-refractivity contribution in [1.29, 1.82) is 0 Å². The standard InChI is InChI=1S/C21H24ClNO4/c1-14(2)15(3)23-20(24)13-27-21(25)18-6-4-5-7-19(18)26-12-16-8-10-17(22)11-9-16/h4-11,14-15H,12-13H2,1-3H3,(H,23,24). The molecule has 0 radical (unpaired) electrons. The summed E-state index contributed by atoms with van der Waals surface area (Å²) in [5, 5.41) is 3.44. The van der Waals surface area contributed by atoms with Crippen LogP contribution in [-0.2, 0) is 16.1 Å². The second-order valence-corrected chi connectivity index (χ2v) is 7.02. The number of carbonyl (C=O) groups excluding carboxylic acids is 2. The second kappa shape index (κ2) is 9.97. The van der Waals surface area contributed by atoms with Crippen LogP contribution in [-0.4, -0.2) is 24.5 Å². The summed E-state index contributed by atoms with van der Waals surface area (Å²) in [5.74, 6) is -0.238. The van der Waals surface area contributed by atoms with Gasteiger partial charge in [-0.05, 0) is 42.7 Å². The van der Waals surface area contributed by atoms with Crippen molar-refractivity contribution in [2.24, 2.45) is 5.92 Å². The summed E-state index contributed by atoms with van der Waals surface area (Å²) in [6, 6.07) is 14.0. The minimum Gasteiger partial charge on any atom is -0.488 e. The summed E-state index contributed by atoms with van der Waals surface area (Å²) in [4.78, 5) is 24.2. The summed E-state index contributed by atoms with van der Waals surface area (Å²) in [6.45, 7) is 5.87. The van der Waals surface area contributed by atoms with Gasteiger partial charge in [-0.3, -0.25) is 4.79 Å². The van der Waals surface area contributed by atoms with Gasteiger partial charge >= 0.3 is 5.97 Å². The van der Waals surface area contributed by atoms with Gasteiger partial charge in [0.25, 0.3) is 5.91 Å². The molecule has 0 saturated heterocycles. The normalized spacial score (nSPS) is 11.7. The zero-order chi connectivity index (χ0) is 19.8. The van der Waals surface area contributed by atoms with Gasteiger partial charge in [0.05, 0.1) is 0 Å². The molecule has 0 saturated carbocycles. The van der Waals surface area contributed by atoms with E-state index in [1.807, 2.05) is 32.9 Å². The second-order valence-electron chi connectivity index (χ2n) is 6.59. The van der Waals surface area contributed by atoms with Crippen LogP contribution in [0.25, 0.3) is 0 Å². The lowest BCUT2D eigenvalue weighted by molar-refractivity contribution is -0.125. The molecule has 1 amide bonds. The average molecular weight is 390 g/mol. The molecule has 0 aromatic heterocycles. The van der Waals surface area contributed by atoms with Crippen molar-refractivity contribution in [2.45, 2.75) is 33.4 Å². The fourth-order valence-corrected chi connectivity index (χ4v) is 2.30. The van der Waals surface area contributed by atoms with Gasteiger partial charge in [0.15, 0.2) is 6.61 Å². The topological polar surface area (TPSA) is 64.6 Å². The van der Waals surface area contributed by atoms with Gasteiger partial charge in [0.2, 0.25) is 0 Å². The van der Waals surface area contributed by atoms with Crippen molar-refractivity contribution in [3.05, 3.63) is 64.7 Å². The van der Waals surface area contributed by atoms with E-state index in [9.17, 15) is 9.59 Å². The molecule has 1 unspecified atom stereocenters. The number of hydrogen-bond donors (Lipinski definition) is 1. The molecule has 6 heteroatoms. The first kappa shape index (κ1) is 20.8. The van der Waals surface area contributed by atoms with E-state index in [0.29, 0.717) is 16.7 Å². The number of carbonyl (C=O) groups is 2. The Balaban J connectivity index is 1.94. The van der Waals surface area contributed by atoms with E-state index in [-0.39, 0.29) is 30.7 Å². The largest absolute Gasteiger partial charge is 0.488 e. The quantitative estimate of drug-likeness (QED) is 0.686. The zero-order valence-electron chi connectivity index (χ0n) is 15.7. The van der Waals surface area contributed by atoms with Crippen LogP contribution >= 0.6 is 11.6 Å². The Kier molecular flexibility index (Phi) is 7.67. The third-order valence-corrected chi connectivity index (χ3v) is 4.39. The summed E-state index contributed by atoms with van der Waals surface area (Å²) < 4.78 is 10.9. The van der Waals surface area contributed by atoms with Gasteiger partial charge in [-0.25, -0.2) is 4.79 Å². The Morgan fingerprint density at radius 2 is 1.70 bits per heavy atom. The van der Waals surface area contributed by atoms with Gasteiger partial charge in [0, 0.05) is 11.1 Å². The molecule has 1 N–H and O–H groups in total. The van der Waals surface area contributed by atoms with Crippen LogP contribution in [0.1, 0.15) is 36.7 Å². The van der Waals surface area contributed by atoms with Crippen molar-refractivity contribution in [1.82, 2.24) is 5.32 Å². The lowest BCUT2D eigenvalue weighted by atomic mass is 10.1. The molecule has 144 valence electrons. The maximum atomic E-state index is 12.3. The van der Waals surface area contributed by atoms with Crippen molar-refractivity contribution < 1.29 is 19.1 Å². The molecule has 5 nitrogen and oxygen atoms in total. The van der Waals surface area contributed by atoms with E-state index in [1.165, 1.54) is 0 Å². The van der Waals surface area contributed by atoms with Crippen molar-refractivity contribution in [2.75, 3.05) is 6.61 Å². The van der Waals surface area contributed by atoms with Crippen LogP contribution in [0.4, 0.5) is 0 Å². The first-order chi connectivity index (χ1) is 12.9. The van der Waals surface area contributed by atoms with Gasteiger partial charge in [-0.1, -0.05) is 49.7 Å². The molecule has 0 aliphatic carbocycles. The number of amides is 1. The van der Waals surface area contributed by atoms with Gasteiger partial charge in [-0.15, -0.1) is 0 Å². The van der Waals surface area contributed by atoms with E-state index in [4.69, 9.17) is 21.1 Å². The number of ether oxygens (including phenoxy) is 2. The van der Waals surface area contributed by atoms with Crippen LogP contribution in [0.15, 0.2) is 48.5 Å². The average Bonchev–Trinajstić information content (AvgIpc) is 2.65. The minimum atomic E-state index is -0.603. The van der Waals surface area contributed by atoms with Crippen molar-refractivity contribution >= 4 is 23.5 Å². The first-order valence-electron chi connectivity index (χ1n) is 8.79. The number of benzene rings is 2. The van der Waals surface area contributed by atoms with E-state index in [0.717, 1.165) is 5.56 Å². The summed E-state index contributed by atoms with van der Waals surface area (Å²) in [5.41, 5.74) is 1.20. The molecule has 2 aromatic carbocycles. The highest BCUT2D eigenvalue weighted by Crippen LogP contribution is 2.21. The SMILES string of the molecule is CC(C)C(C)NC(=O)COC(=O)c1ccccc1OCc1ccc(Cl)cc1. The van der Waals surface area contributed by atoms with Crippen molar-refractivity contribution in [3.8, 4) is 5.75 Å². The van der Waals surface area contributed by atoms with Crippen molar-refractivity contribution in [3.63, 3.8) is 0 Å². The highest BCUT2D eigenvalue weighted by molar-refractivity contribution is 6.30. The Hall–Kier alpha value is -2.53. The van der Waals surface area contributed by atoms with Crippen LogP contribution in [0.5, 0.6) is 5.75 Å². The number of para-hydroxylation sites is 1. The molecular weight excluding hydrogens is 366 g/mol. The zero-order valence-corrected chi connectivity index (χ0v) is 16.5.